The molecule has 0 aromatic heterocycles. The first kappa shape index (κ1) is 13.7. The van der Waals surface area contributed by atoms with Gasteiger partial charge in [-0.05, 0) is 35.9 Å². The molecule has 0 saturated carbocycles. The normalized spacial score (nSPS) is 11.6. The number of nitrogens with zero attached hydrogens (tertiary/aromatic N) is 1. The number of benzene rings is 2. The molecule has 0 amide bonds. The predicted octanol–water partition coefficient (Wildman–Crippen LogP) is 4.48. The Morgan fingerprint density at radius 3 is 2.68 bits per heavy atom. The summed E-state index contributed by atoms with van der Waals surface area (Å²) >= 11 is 9.22. The van der Waals surface area contributed by atoms with Gasteiger partial charge in [-0.2, -0.15) is 5.26 Å². The van der Waals surface area contributed by atoms with Crippen molar-refractivity contribution in [2.45, 2.75) is 6.04 Å². The Bertz CT molecular complexity index is 640. The molecule has 5 heteroatoms. The number of phenolic OH excluding ortho intramolecular Hbond substituents is 1. The van der Waals surface area contributed by atoms with Crippen LogP contribution in [0, 0.1) is 11.3 Å². The zero-order valence-corrected chi connectivity index (χ0v) is 12.1. The van der Waals surface area contributed by atoms with Crippen molar-refractivity contribution in [3.8, 4) is 11.8 Å². The molecule has 0 aliphatic rings. The van der Waals surface area contributed by atoms with E-state index in [0.29, 0.717) is 5.56 Å². The smallest absolute Gasteiger partial charge is 0.140 e. The van der Waals surface area contributed by atoms with Crippen LogP contribution in [0.1, 0.15) is 11.6 Å². The lowest BCUT2D eigenvalue weighted by Crippen LogP contribution is -2.08. The third-order valence-electron chi connectivity index (χ3n) is 2.57. The Morgan fingerprint density at radius 2 is 2.05 bits per heavy atom. The number of aromatic hydroxyl groups is 1. The molecule has 0 fully saturated rings. The topological polar surface area (TPSA) is 56.0 Å². The van der Waals surface area contributed by atoms with Crippen LogP contribution in [0.4, 0.5) is 5.69 Å². The minimum Gasteiger partial charge on any atom is -0.506 e. The number of phenols is 1. The molecule has 2 N–H and O–H groups in total. The van der Waals surface area contributed by atoms with Gasteiger partial charge in [-0.1, -0.05) is 39.7 Å². The fourth-order valence-corrected chi connectivity index (χ4v) is 2.23. The predicted molar refractivity (Wildman–Crippen MR) is 79.2 cm³/mol. The molecule has 3 nitrogen and oxygen atoms in total. The average molecular weight is 338 g/mol. The standard InChI is InChI=1S/C14H10BrClN2O/c15-10-2-1-3-11(7-10)18-13(8-17)9-4-5-14(19)12(16)6-9/h1-7,13,18-19H. The van der Waals surface area contributed by atoms with Crippen molar-refractivity contribution in [2.24, 2.45) is 0 Å². The van der Waals surface area contributed by atoms with Gasteiger partial charge in [-0.25, -0.2) is 0 Å². The summed E-state index contributed by atoms with van der Waals surface area (Å²) in [5.41, 5.74) is 1.52. The van der Waals surface area contributed by atoms with Crippen LogP contribution in [0.2, 0.25) is 5.02 Å². The molecule has 96 valence electrons. The summed E-state index contributed by atoms with van der Waals surface area (Å²) in [5, 5.41) is 22.0. The maximum absolute atomic E-state index is 9.38. The highest BCUT2D eigenvalue weighted by molar-refractivity contribution is 9.10. The summed E-state index contributed by atoms with van der Waals surface area (Å²) in [6.07, 6.45) is 0. The van der Waals surface area contributed by atoms with Gasteiger partial charge >= 0.3 is 0 Å². The van der Waals surface area contributed by atoms with Gasteiger partial charge < -0.3 is 10.4 Å². The van der Waals surface area contributed by atoms with E-state index in [1.54, 1.807) is 12.1 Å². The fourth-order valence-electron chi connectivity index (χ4n) is 1.64. The maximum atomic E-state index is 9.38. The summed E-state index contributed by atoms with van der Waals surface area (Å²) < 4.78 is 0.929. The van der Waals surface area contributed by atoms with E-state index in [0.717, 1.165) is 10.2 Å². The largest absolute Gasteiger partial charge is 0.506 e. The van der Waals surface area contributed by atoms with Gasteiger partial charge in [0.25, 0.3) is 0 Å². The van der Waals surface area contributed by atoms with Gasteiger partial charge in [0.05, 0.1) is 11.1 Å². The number of rotatable bonds is 3. The highest BCUT2D eigenvalue weighted by Gasteiger charge is 2.12. The number of hydrogen-bond donors (Lipinski definition) is 2. The molecule has 0 radical (unpaired) electrons. The Kier molecular flexibility index (Phi) is 4.31. The van der Waals surface area contributed by atoms with E-state index in [4.69, 9.17) is 11.6 Å². The molecule has 0 bridgehead atoms. The lowest BCUT2D eigenvalue weighted by molar-refractivity contribution is 0.475. The minimum absolute atomic E-state index is 0.00422. The second kappa shape index (κ2) is 5.96. The van der Waals surface area contributed by atoms with Crippen LogP contribution in [0.3, 0.4) is 0 Å². The van der Waals surface area contributed by atoms with E-state index in [2.05, 4.69) is 27.3 Å². The second-order valence-electron chi connectivity index (χ2n) is 3.93. The first-order valence-corrected chi connectivity index (χ1v) is 6.67. The number of hydrogen-bond acceptors (Lipinski definition) is 3. The molecule has 0 aliphatic heterocycles. The summed E-state index contributed by atoms with van der Waals surface area (Å²) in [6.45, 7) is 0. The average Bonchev–Trinajstić information content (AvgIpc) is 2.39. The zero-order chi connectivity index (χ0) is 13.8. The molecule has 0 heterocycles. The van der Waals surface area contributed by atoms with Gasteiger partial charge in [0.2, 0.25) is 0 Å². The molecule has 2 rings (SSSR count). The van der Waals surface area contributed by atoms with Crippen molar-refractivity contribution < 1.29 is 5.11 Å². The van der Waals surface area contributed by atoms with Gasteiger partial charge in [0.15, 0.2) is 0 Å². The summed E-state index contributed by atoms with van der Waals surface area (Å²) in [7, 11) is 0. The van der Waals surface area contributed by atoms with E-state index >= 15 is 0 Å². The van der Waals surface area contributed by atoms with Crippen molar-refractivity contribution >= 4 is 33.2 Å². The molecular weight excluding hydrogens is 328 g/mol. The van der Waals surface area contributed by atoms with E-state index in [1.165, 1.54) is 6.07 Å². The van der Waals surface area contributed by atoms with Crippen molar-refractivity contribution in [2.75, 3.05) is 5.32 Å². The molecule has 0 spiro atoms. The van der Waals surface area contributed by atoms with Crippen LogP contribution >= 0.6 is 27.5 Å². The Morgan fingerprint density at radius 1 is 1.26 bits per heavy atom. The molecule has 1 unspecified atom stereocenters. The zero-order valence-electron chi connectivity index (χ0n) is 9.77. The quantitative estimate of drug-likeness (QED) is 0.868. The molecule has 0 aliphatic carbocycles. The maximum Gasteiger partial charge on any atom is 0.140 e. The van der Waals surface area contributed by atoms with E-state index in [-0.39, 0.29) is 10.8 Å². The Hall–Kier alpha value is -1.70. The van der Waals surface area contributed by atoms with Crippen LogP contribution in [-0.2, 0) is 0 Å². The summed E-state index contributed by atoms with van der Waals surface area (Å²) in [5.74, 6) is 0.00422. The van der Waals surface area contributed by atoms with Gasteiger partial charge in [0.1, 0.15) is 11.8 Å². The second-order valence-corrected chi connectivity index (χ2v) is 5.25. The number of nitrogens with one attached hydrogen (secondary N) is 1. The van der Waals surface area contributed by atoms with Gasteiger partial charge in [0, 0.05) is 10.2 Å². The third kappa shape index (κ3) is 3.40. The first-order chi connectivity index (χ1) is 9.10. The highest BCUT2D eigenvalue weighted by Crippen LogP contribution is 2.28. The fraction of sp³-hybridized carbons (Fsp3) is 0.0714. The van der Waals surface area contributed by atoms with E-state index in [1.807, 2.05) is 24.3 Å². The number of anilines is 1. The van der Waals surface area contributed by atoms with Gasteiger partial charge in [-0.3, -0.25) is 0 Å². The van der Waals surface area contributed by atoms with Crippen LogP contribution in [0.25, 0.3) is 0 Å². The highest BCUT2D eigenvalue weighted by atomic mass is 79.9. The van der Waals surface area contributed by atoms with E-state index in [9.17, 15) is 10.4 Å². The van der Waals surface area contributed by atoms with Crippen LogP contribution in [0.15, 0.2) is 46.9 Å². The first-order valence-electron chi connectivity index (χ1n) is 5.50. The molecular formula is C14H10BrClN2O. The van der Waals surface area contributed by atoms with Crippen molar-refractivity contribution in [3.63, 3.8) is 0 Å². The van der Waals surface area contributed by atoms with Crippen molar-refractivity contribution in [3.05, 3.63) is 57.5 Å². The van der Waals surface area contributed by atoms with Crippen LogP contribution < -0.4 is 5.32 Å². The molecule has 2 aromatic carbocycles. The Labute approximate surface area is 124 Å². The monoisotopic (exact) mass is 336 g/mol. The SMILES string of the molecule is N#CC(Nc1cccc(Br)c1)c1ccc(O)c(Cl)c1. The molecule has 19 heavy (non-hydrogen) atoms. The van der Waals surface area contributed by atoms with Crippen LogP contribution in [0.5, 0.6) is 5.75 Å². The van der Waals surface area contributed by atoms with Gasteiger partial charge in [-0.15, -0.1) is 0 Å². The molecule has 1 atom stereocenters. The number of halogens is 2. The number of nitriles is 1. The molecule has 2 aromatic rings. The van der Waals surface area contributed by atoms with Crippen molar-refractivity contribution in [1.82, 2.24) is 0 Å². The summed E-state index contributed by atoms with van der Waals surface area (Å²) in [4.78, 5) is 0. The lowest BCUT2D eigenvalue weighted by atomic mass is 10.1. The minimum atomic E-state index is -0.535. The Balaban J connectivity index is 2.25. The molecule has 0 saturated heterocycles. The van der Waals surface area contributed by atoms with Crippen molar-refractivity contribution in [1.29, 1.82) is 5.26 Å². The lowest BCUT2D eigenvalue weighted by Gasteiger charge is -2.14. The van der Waals surface area contributed by atoms with Crippen LogP contribution in [-0.4, -0.2) is 5.11 Å². The summed E-state index contributed by atoms with van der Waals surface area (Å²) in [6, 6.07) is 13.9. The van der Waals surface area contributed by atoms with E-state index < -0.39 is 6.04 Å². The third-order valence-corrected chi connectivity index (χ3v) is 3.37.